The predicted octanol–water partition coefficient (Wildman–Crippen LogP) is 3.24. The van der Waals surface area contributed by atoms with Crippen LogP contribution in [0.25, 0.3) is 6.08 Å². The molecule has 0 radical (unpaired) electrons. The van der Waals surface area contributed by atoms with Gasteiger partial charge in [0.05, 0.1) is 6.42 Å². The minimum atomic E-state index is -1.02. The lowest BCUT2D eigenvalue weighted by molar-refractivity contribution is -0.166. The highest BCUT2D eigenvalue weighted by Crippen LogP contribution is 2.38. The van der Waals surface area contributed by atoms with E-state index in [9.17, 15) is 14.4 Å². The van der Waals surface area contributed by atoms with Crippen LogP contribution < -0.4 is 0 Å². The van der Waals surface area contributed by atoms with E-state index in [-0.39, 0.29) is 31.1 Å². The number of carbonyl (C=O) groups is 3. The zero-order chi connectivity index (χ0) is 20.9. The number of nitrogens with zero attached hydrogens (tertiary/aromatic N) is 1. The van der Waals surface area contributed by atoms with Crippen molar-refractivity contribution in [1.82, 2.24) is 4.90 Å². The first kappa shape index (κ1) is 19.6. The van der Waals surface area contributed by atoms with E-state index in [1.165, 1.54) is 4.90 Å². The van der Waals surface area contributed by atoms with Crippen LogP contribution in [0.5, 0.6) is 0 Å². The highest BCUT2D eigenvalue weighted by atomic mass is 16.6. The van der Waals surface area contributed by atoms with Gasteiger partial charge in [-0.3, -0.25) is 14.5 Å². The van der Waals surface area contributed by atoms with Crippen molar-refractivity contribution in [2.45, 2.75) is 31.7 Å². The number of hydrogen-bond donors (Lipinski definition) is 0. The van der Waals surface area contributed by atoms with Crippen LogP contribution in [0.4, 0.5) is 0 Å². The van der Waals surface area contributed by atoms with Gasteiger partial charge in [-0.15, -0.1) is 0 Å². The molecule has 2 atom stereocenters. The predicted molar refractivity (Wildman–Crippen MR) is 110 cm³/mol. The maximum atomic E-state index is 12.8. The van der Waals surface area contributed by atoms with Crippen LogP contribution in [0.3, 0.4) is 0 Å². The molecule has 0 N–H and O–H groups in total. The van der Waals surface area contributed by atoms with Gasteiger partial charge in [-0.05, 0) is 17.5 Å². The molecule has 0 aromatic heterocycles. The molecule has 6 heteroatoms. The number of rotatable bonds is 7. The van der Waals surface area contributed by atoms with Crippen LogP contribution in [-0.2, 0) is 30.5 Å². The first-order chi connectivity index (χ1) is 14.7. The van der Waals surface area contributed by atoms with Gasteiger partial charge < -0.3 is 9.47 Å². The molecule has 0 saturated carbocycles. The van der Waals surface area contributed by atoms with Crippen molar-refractivity contribution in [3.63, 3.8) is 0 Å². The van der Waals surface area contributed by atoms with Gasteiger partial charge in [-0.25, -0.2) is 4.79 Å². The molecule has 2 aliphatic heterocycles. The third-order valence-corrected chi connectivity index (χ3v) is 5.09. The Kier molecular flexibility index (Phi) is 5.75. The zero-order valence-corrected chi connectivity index (χ0v) is 16.3. The lowest BCUT2D eigenvalue weighted by Gasteiger charge is -2.33. The van der Waals surface area contributed by atoms with Crippen LogP contribution in [0.1, 0.15) is 24.0 Å². The van der Waals surface area contributed by atoms with Crippen LogP contribution >= 0.6 is 0 Å². The first-order valence-corrected chi connectivity index (χ1v) is 9.75. The highest BCUT2D eigenvalue weighted by molar-refractivity contribution is 5.93. The molecule has 6 nitrogen and oxygen atoms in total. The summed E-state index contributed by atoms with van der Waals surface area (Å²) in [7, 11) is 0. The van der Waals surface area contributed by atoms with Gasteiger partial charge in [0, 0.05) is 5.57 Å². The number of β-lactam (4-membered cyclic amide) rings is 1. The summed E-state index contributed by atoms with van der Waals surface area (Å²) in [5.41, 5.74) is 2.16. The maximum Gasteiger partial charge on any atom is 0.337 e. The van der Waals surface area contributed by atoms with Gasteiger partial charge in [-0.1, -0.05) is 72.8 Å². The van der Waals surface area contributed by atoms with Gasteiger partial charge >= 0.3 is 5.97 Å². The summed E-state index contributed by atoms with van der Waals surface area (Å²) < 4.78 is 11.2. The van der Waals surface area contributed by atoms with Gasteiger partial charge in [0.1, 0.15) is 18.7 Å². The summed E-state index contributed by atoms with van der Waals surface area (Å²) >= 11 is 0. The number of amides is 1. The van der Waals surface area contributed by atoms with Gasteiger partial charge in [0.25, 0.3) is 0 Å². The number of fused-ring (bicyclic) bond motifs is 1. The summed E-state index contributed by atoms with van der Waals surface area (Å²) in [5.74, 6) is -0.589. The Morgan fingerprint density at radius 1 is 1.10 bits per heavy atom. The number of hydrogen-bond acceptors (Lipinski definition) is 5. The average molecular weight is 403 g/mol. The quantitative estimate of drug-likeness (QED) is 0.307. The highest BCUT2D eigenvalue weighted by Gasteiger charge is 2.55. The second-order valence-electron chi connectivity index (χ2n) is 7.10. The van der Waals surface area contributed by atoms with Crippen molar-refractivity contribution in [2.75, 3.05) is 0 Å². The molecule has 4 rings (SSSR count). The van der Waals surface area contributed by atoms with Crippen molar-refractivity contribution in [2.24, 2.45) is 0 Å². The van der Waals surface area contributed by atoms with Crippen molar-refractivity contribution in [3.05, 3.63) is 89.2 Å². The SMILES string of the molecule is O=C/C(C/C=C/c1ccccc1)=C1\O[C@@H]2CC(=O)N2C1C(=O)OCc1ccccc1. The van der Waals surface area contributed by atoms with Crippen LogP contribution in [0, 0.1) is 0 Å². The van der Waals surface area contributed by atoms with E-state index in [4.69, 9.17) is 9.47 Å². The Labute approximate surface area is 174 Å². The molecule has 1 amide bonds. The number of ether oxygens (including phenoxy) is 2. The largest absolute Gasteiger partial charge is 0.471 e. The fourth-order valence-corrected chi connectivity index (χ4v) is 3.52. The number of allylic oxidation sites excluding steroid dienone is 2. The summed E-state index contributed by atoms with van der Waals surface area (Å²) in [5, 5.41) is 0. The van der Waals surface area contributed by atoms with E-state index in [2.05, 4.69) is 0 Å². The standard InChI is InChI=1S/C24H21NO5/c26-15-19(13-7-12-17-8-3-1-4-9-17)23-22(25-20(27)14-21(25)30-23)24(28)29-16-18-10-5-2-6-11-18/h1-12,15,21-22H,13-14,16H2/b12-7+,23-19-/t21-,22?/m1/s1. The Bertz CT molecular complexity index is 997. The lowest BCUT2D eigenvalue weighted by atomic mass is 10.0. The summed E-state index contributed by atoms with van der Waals surface area (Å²) in [4.78, 5) is 38.0. The fourth-order valence-electron chi connectivity index (χ4n) is 3.52. The van der Waals surface area contributed by atoms with Gasteiger partial charge in [-0.2, -0.15) is 0 Å². The minimum absolute atomic E-state index is 0.0838. The number of carbonyl (C=O) groups excluding carboxylic acids is 3. The van der Waals surface area contributed by atoms with E-state index in [0.717, 1.165) is 11.1 Å². The summed E-state index contributed by atoms with van der Waals surface area (Å²) in [6.07, 6.45) is 4.36. The molecule has 0 spiro atoms. The smallest absolute Gasteiger partial charge is 0.337 e. The van der Waals surface area contributed by atoms with Crippen molar-refractivity contribution in [1.29, 1.82) is 0 Å². The Balaban J connectivity index is 1.52. The molecular weight excluding hydrogens is 382 g/mol. The monoisotopic (exact) mass is 403 g/mol. The Hall–Kier alpha value is -3.67. The van der Waals surface area contributed by atoms with E-state index in [0.29, 0.717) is 11.9 Å². The molecule has 2 fully saturated rings. The normalized spacial score (nSPS) is 21.6. The second kappa shape index (κ2) is 8.78. The van der Waals surface area contributed by atoms with Crippen LogP contribution in [-0.4, -0.2) is 35.3 Å². The Morgan fingerprint density at radius 3 is 2.47 bits per heavy atom. The maximum absolute atomic E-state index is 12.8. The third-order valence-electron chi connectivity index (χ3n) is 5.09. The van der Waals surface area contributed by atoms with Crippen molar-refractivity contribution in [3.8, 4) is 0 Å². The zero-order valence-electron chi connectivity index (χ0n) is 16.3. The second-order valence-corrected chi connectivity index (χ2v) is 7.10. The molecule has 2 heterocycles. The fraction of sp³-hybridized carbons (Fsp3) is 0.208. The van der Waals surface area contributed by atoms with E-state index in [1.54, 1.807) is 0 Å². The van der Waals surface area contributed by atoms with Crippen LogP contribution in [0.2, 0.25) is 0 Å². The topological polar surface area (TPSA) is 72.9 Å². The molecule has 1 unspecified atom stereocenters. The number of esters is 1. The minimum Gasteiger partial charge on any atom is -0.471 e. The Morgan fingerprint density at radius 2 is 1.80 bits per heavy atom. The van der Waals surface area contributed by atoms with Crippen molar-refractivity contribution < 1.29 is 23.9 Å². The molecule has 2 aliphatic rings. The molecule has 152 valence electrons. The number of benzene rings is 2. The first-order valence-electron chi connectivity index (χ1n) is 9.75. The molecular formula is C24H21NO5. The lowest BCUT2D eigenvalue weighted by Crippen LogP contribution is -2.55. The van der Waals surface area contributed by atoms with Gasteiger partial charge in [0.2, 0.25) is 5.91 Å². The molecule has 30 heavy (non-hydrogen) atoms. The third kappa shape index (κ3) is 4.03. The molecule has 2 saturated heterocycles. The van der Waals surface area contributed by atoms with E-state index in [1.807, 2.05) is 72.8 Å². The van der Waals surface area contributed by atoms with Crippen LogP contribution in [0.15, 0.2) is 78.1 Å². The molecule has 0 bridgehead atoms. The van der Waals surface area contributed by atoms with Gasteiger partial charge in [0.15, 0.2) is 12.3 Å². The number of aldehydes is 1. The summed E-state index contributed by atoms with van der Waals surface area (Å²) in [6.45, 7) is 0.0838. The summed E-state index contributed by atoms with van der Waals surface area (Å²) in [6, 6.07) is 17.9. The van der Waals surface area contributed by atoms with Crippen molar-refractivity contribution >= 4 is 24.2 Å². The molecule has 2 aromatic carbocycles. The van der Waals surface area contributed by atoms with E-state index < -0.39 is 18.2 Å². The molecule has 0 aliphatic carbocycles. The average Bonchev–Trinajstić information content (AvgIpc) is 3.09. The van der Waals surface area contributed by atoms with E-state index >= 15 is 0 Å². The molecule has 2 aromatic rings.